The van der Waals surface area contributed by atoms with Crippen molar-refractivity contribution in [3.05, 3.63) is 89.0 Å². The van der Waals surface area contributed by atoms with Gasteiger partial charge in [-0.3, -0.25) is 4.79 Å². The molecule has 5 rings (SSSR count). The first-order valence-corrected chi connectivity index (χ1v) is 15.3. The van der Waals surface area contributed by atoms with Crippen LogP contribution in [0.25, 0.3) is 11.1 Å². The second-order valence-electron chi connectivity index (χ2n) is 12.2. The number of nitrogens with zero attached hydrogens (tertiary/aromatic N) is 1. The fourth-order valence-corrected chi connectivity index (χ4v) is 5.99. The van der Waals surface area contributed by atoms with Gasteiger partial charge in [-0.2, -0.15) is 0 Å². The molecule has 1 heterocycles. The van der Waals surface area contributed by atoms with Crippen molar-refractivity contribution >= 4 is 11.9 Å². The van der Waals surface area contributed by atoms with E-state index >= 15 is 0 Å². The van der Waals surface area contributed by atoms with Gasteiger partial charge in [-0.25, -0.2) is 4.79 Å². The predicted octanol–water partition coefficient (Wildman–Crippen LogP) is 8.48. The summed E-state index contributed by atoms with van der Waals surface area (Å²) in [4.78, 5) is 28.1. The number of unbranched alkanes of at least 4 members (excludes halogenated alkanes) is 1. The Morgan fingerprint density at radius 3 is 2.12 bits per heavy atom. The summed E-state index contributed by atoms with van der Waals surface area (Å²) < 4.78 is 11.3. The summed E-state index contributed by atoms with van der Waals surface area (Å²) in [5, 5.41) is 0. The first-order valence-electron chi connectivity index (χ1n) is 15.3. The minimum atomic E-state index is -0.989. The van der Waals surface area contributed by atoms with Crippen LogP contribution >= 0.6 is 0 Å². The van der Waals surface area contributed by atoms with Crippen LogP contribution in [0.1, 0.15) is 99.2 Å². The molecule has 0 bridgehead atoms. The van der Waals surface area contributed by atoms with Gasteiger partial charge >= 0.3 is 5.97 Å². The summed E-state index contributed by atoms with van der Waals surface area (Å²) in [5.41, 5.74) is 6.14. The molecule has 5 nitrogen and oxygen atoms in total. The van der Waals surface area contributed by atoms with E-state index in [4.69, 9.17) is 9.47 Å². The van der Waals surface area contributed by atoms with Crippen LogP contribution in [0.4, 0.5) is 0 Å². The van der Waals surface area contributed by atoms with Gasteiger partial charge in [0.2, 0.25) is 11.7 Å². The highest BCUT2D eigenvalue weighted by Gasteiger charge is 2.34. The summed E-state index contributed by atoms with van der Waals surface area (Å²) in [5.74, 6) is -0.0556. The van der Waals surface area contributed by atoms with Crippen molar-refractivity contribution < 1.29 is 19.1 Å². The molecule has 1 aliphatic heterocycles. The van der Waals surface area contributed by atoms with Crippen LogP contribution in [0.15, 0.2) is 66.7 Å². The van der Waals surface area contributed by atoms with Gasteiger partial charge in [0.1, 0.15) is 11.3 Å². The molecular formula is C36H43NO4. The molecule has 0 radical (unpaired) electrons. The number of hydrogen-bond acceptors (Lipinski definition) is 4. The second kappa shape index (κ2) is 12.9. The van der Waals surface area contributed by atoms with E-state index in [9.17, 15) is 9.59 Å². The molecule has 0 saturated heterocycles. The molecule has 3 aromatic carbocycles. The highest BCUT2D eigenvalue weighted by Crippen LogP contribution is 2.33. The fraction of sp³-hybridized carbons (Fsp3) is 0.444. The van der Waals surface area contributed by atoms with Crippen molar-refractivity contribution in [3.63, 3.8) is 0 Å². The molecule has 1 fully saturated rings. The van der Waals surface area contributed by atoms with Gasteiger partial charge in [0, 0.05) is 33.4 Å². The smallest absolute Gasteiger partial charge is 0.345 e. The van der Waals surface area contributed by atoms with Gasteiger partial charge in [-0.1, -0.05) is 93.6 Å². The summed E-state index contributed by atoms with van der Waals surface area (Å²) >= 11 is 0. The maximum atomic E-state index is 13.6. The number of fused-ring (bicyclic) bond motifs is 1. The lowest BCUT2D eigenvalue weighted by molar-refractivity contribution is -0.132. The zero-order valence-corrected chi connectivity index (χ0v) is 24.8. The number of carbonyl (C=O) groups is 2. The average molecular weight is 554 g/mol. The number of benzene rings is 3. The molecule has 2 aliphatic rings. The maximum absolute atomic E-state index is 13.6. The first kappa shape index (κ1) is 28.9. The second-order valence-corrected chi connectivity index (χ2v) is 12.2. The lowest BCUT2D eigenvalue weighted by Gasteiger charge is -2.32. The lowest BCUT2D eigenvalue weighted by atomic mass is 10.00. The Hall–Kier alpha value is -3.60. The van der Waals surface area contributed by atoms with Gasteiger partial charge in [-0.05, 0) is 65.1 Å². The van der Waals surface area contributed by atoms with Gasteiger partial charge < -0.3 is 14.4 Å². The molecule has 1 aliphatic carbocycles. The van der Waals surface area contributed by atoms with Crippen molar-refractivity contribution in [2.45, 2.75) is 97.4 Å². The maximum Gasteiger partial charge on any atom is 0.345 e. The summed E-state index contributed by atoms with van der Waals surface area (Å²) in [6, 6.07) is 22.9. The molecule has 0 aromatic heterocycles. The van der Waals surface area contributed by atoms with E-state index in [0.717, 1.165) is 24.0 Å². The van der Waals surface area contributed by atoms with Gasteiger partial charge in [0.05, 0.1) is 0 Å². The Balaban J connectivity index is 1.31. The van der Waals surface area contributed by atoms with Crippen LogP contribution in [0.3, 0.4) is 0 Å². The van der Waals surface area contributed by atoms with Crippen molar-refractivity contribution in [2.24, 2.45) is 5.92 Å². The Morgan fingerprint density at radius 2 is 1.46 bits per heavy atom. The van der Waals surface area contributed by atoms with E-state index in [1.165, 1.54) is 55.2 Å². The average Bonchev–Trinajstić information content (AvgIpc) is 3.49. The van der Waals surface area contributed by atoms with Gasteiger partial charge in [0.15, 0.2) is 0 Å². The van der Waals surface area contributed by atoms with E-state index in [2.05, 4.69) is 55.5 Å². The molecule has 0 unspecified atom stereocenters. The van der Waals surface area contributed by atoms with Crippen LogP contribution in [0.2, 0.25) is 0 Å². The number of cyclic esters (lactones) is 1. The predicted molar refractivity (Wildman–Crippen MR) is 163 cm³/mol. The summed E-state index contributed by atoms with van der Waals surface area (Å²) in [7, 11) is 0. The number of aryl methyl sites for hydroxylation is 1. The van der Waals surface area contributed by atoms with E-state index in [1.807, 2.05) is 17.0 Å². The molecule has 3 aromatic rings. The third kappa shape index (κ3) is 7.58. The lowest BCUT2D eigenvalue weighted by Crippen LogP contribution is -2.39. The van der Waals surface area contributed by atoms with Crippen LogP contribution in [0.5, 0.6) is 5.75 Å². The van der Waals surface area contributed by atoms with E-state index in [0.29, 0.717) is 36.7 Å². The normalized spacial score (nSPS) is 16.1. The highest BCUT2D eigenvalue weighted by atomic mass is 16.7. The van der Waals surface area contributed by atoms with Crippen molar-refractivity contribution in [3.8, 4) is 16.9 Å². The minimum Gasteiger partial charge on any atom is -0.452 e. The number of carbonyl (C=O) groups excluding carboxylic acids is 2. The summed E-state index contributed by atoms with van der Waals surface area (Å²) in [6.45, 7) is 6.61. The van der Waals surface area contributed by atoms with E-state index in [1.54, 1.807) is 19.9 Å². The quantitative estimate of drug-likeness (QED) is 0.224. The molecule has 216 valence electrons. The minimum absolute atomic E-state index is 0.154. The fourth-order valence-electron chi connectivity index (χ4n) is 5.99. The van der Waals surface area contributed by atoms with Crippen molar-refractivity contribution in [2.75, 3.05) is 0 Å². The molecule has 0 atom stereocenters. The van der Waals surface area contributed by atoms with E-state index < -0.39 is 11.8 Å². The zero-order chi connectivity index (χ0) is 28.8. The third-order valence-corrected chi connectivity index (χ3v) is 8.36. The van der Waals surface area contributed by atoms with Crippen LogP contribution < -0.4 is 4.74 Å². The molecule has 5 heteroatoms. The number of rotatable bonds is 11. The van der Waals surface area contributed by atoms with Gasteiger partial charge in [0.25, 0.3) is 0 Å². The standard InChI is InChI=1S/C36H43NO4/c1-4-5-8-27-11-17-30(18-12-27)31-19-13-28(14-20-31)24-37(34(38)22-16-26-9-6-7-10-26)25-29-15-21-33-32(23-29)35(39)41-36(2,3)40-33/h11-15,17-21,23,26H,4-10,16,22,24-25H2,1-3H3. The third-order valence-electron chi connectivity index (χ3n) is 8.36. The van der Waals surface area contributed by atoms with Crippen LogP contribution in [0, 0.1) is 5.92 Å². The number of esters is 1. The summed E-state index contributed by atoms with van der Waals surface area (Å²) in [6.07, 6.45) is 10.1. The Labute approximate surface area is 244 Å². The molecular weight excluding hydrogens is 510 g/mol. The van der Waals surface area contributed by atoms with Crippen molar-refractivity contribution in [1.29, 1.82) is 0 Å². The van der Waals surface area contributed by atoms with Crippen molar-refractivity contribution in [1.82, 2.24) is 4.90 Å². The Bertz CT molecular complexity index is 1340. The Kier molecular flexibility index (Phi) is 9.12. The molecule has 1 saturated carbocycles. The highest BCUT2D eigenvalue weighted by molar-refractivity contribution is 5.93. The topological polar surface area (TPSA) is 55.8 Å². The van der Waals surface area contributed by atoms with Crippen LogP contribution in [-0.4, -0.2) is 22.6 Å². The molecule has 0 spiro atoms. The number of amides is 1. The monoisotopic (exact) mass is 553 g/mol. The van der Waals surface area contributed by atoms with E-state index in [-0.39, 0.29) is 5.91 Å². The van der Waals surface area contributed by atoms with Gasteiger partial charge in [-0.15, -0.1) is 0 Å². The van der Waals surface area contributed by atoms with Crippen LogP contribution in [-0.2, 0) is 29.0 Å². The Morgan fingerprint density at radius 1 is 0.854 bits per heavy atom. The molecule has 1 amide bonds. The zero-order valence-electron chi connectivity index (χ0n) is 24.8. The number of hydrogen-bond donors (Lipinski definition) is 0. The largest absolute Gasteiger partial charge is 0.452 e. The molecule has 0 N–H and O–H groups in total. The number of ether oxygens (including phenoxy) is 2. The first-order chi connectivity index (χ1) is 19.8. The SMILES string of the molecule is CCCCc1ccc(-c2ccc(CN(Cc3ccc4c(c3)C(=O)OC(C)(C)O4)C(=O)CCC3CCCC3)cc2)cc1. The molecule has 41 heavy (non-hydrogen) atoms.